The van der Waals surface area contributed by atoms with Crippen molar-refractivity contribution in [2.75, 3.05) is 24.5 Å². The van der Waals surface area contributed by atoms with Gasteiger partial charge in [0.1, 0.15) is 5.82 Å². The van der Waals surface area contributed by atoms with Crippen LogP contribution in [-0.4, -0.2) is 36.3 Å². The van der Waals surface area contributed by atoms with Gasteiger partial charge < -0.3 is 9.80 Å². The Kier molecular flexibility index (Phi) is 4.75. The molecule has 0 aliphatic carbocycles. The quantitative estimate of drug-likeness (QED) is 0.836. The summed E-state index contributed by atoms with van der Waals surface area (Å²) in [5.74, 6) is -1.07. The fourth-order valence-corrected chi connectivity index (χ4v) is 3.82. The average molecular weight is 364 g/mol. The number of amides is 2. The number of carbonyl (C=O) groups excluding carboxylic acids is 2. The molecule has 1 fully saturated rings. The average Bonchev–Trinajstić information content (AvgIpc) is 3.10. The second-order valence-corrected chi connectivity index (χ2v) is 6.99. The van der Waals surface area contributed by atoms with Crippen LogP contribution in [0, 0.1) is 11.7 Å². The van der Waals surface area contributed by atoms with E-state index in [2.05, 4.69) is 18.2 Å². The Balaban J connectivity index is 1.43. The number of anilines is 1. The SMILES string of the molecule is O=C([C@H]1CC(=O)N(c2ccccc2F)C1)N1CC=C(c2ccccc2)CC1. The number of para-hydroxylation sites is 1. The van der Waals surface area contributed by atoms with Crippen molar-refractivity contribution in [3.8, 4) is 0 Å². The Morgan fingerprint density at radius 3 is 2.48 bits per heavy atom. The molecule has 0 N–H and O–H groups in total. The zero-order valence-corrected chi connectivity index (χ0v) is 15.0. The number of rotatable bonds is 3. The van der Waals surface area contributed by atoms with Crippen LogP contribution in [0.5, 0.6) is 0 Å². The lowest BCUT2D eigenvalue weighted by Crippen LogP contribution is -2.40. The number of hydrogen-bond acceptors (Lipinski definition) is 2. The molecule has 2 aromatic carbocycles. The van der Waals surface area contributed by atoms with Crippen molar-refractivity contribution in [3.63, 3.8) is 0 Å². The van der Waals surface area contributed by atoms with Crippen LogP contribution in [0.25, 0.3) is 5.57 Å². The summed E-state index contributed by atoms with van der Waals surface area (Å²) in [7, 11) is 0. The predicted octanol–water partition coefficient (Wildman–Crippen LogP) is 3.49. The maximum Gasteiger partial charge on any atom is 0.228 e. The lowest BCUT2D eigenvalue weighted by molar-refractivity contribution is -0.135. The van der Waals surface area contributed by atoms with Crippen LogP contribution < -0.4 is 4.90 Å². The number of carbonyl (C=O) groups is 2. The molecule has 0 bridgehead atoms. The largest absolute Gasteiger partial charge is 0.338 e. The van der Waals surface area contributed by atoms with E-state index >= 15 is 0 Å². The summed E-state index contributed by atoms with van der Waals surface area (Å²) < 4.78 is 14.0. The first kappa shape index (κ1) is 17.5. The van der Waals surface area contributed by atoms with Crippen LogP contribution in [0.1, 0.15) is 18.4 Å². The van der Waals surface area contributed by atoms with Crippen molar-refractivity contribution < 1.29 is 14.0 Å². The highest BCUT2D eigenvalue weighted by molar-refractivity contribution is 6.00. The lowest BCUT2D eigenvalue weighted by atomic mass is 9.98. The molecule has 0 radical (unpaired) electrons. The van der Waals surface area contributed by atoms with Crippen LogP contribution in [0.2, 0.25) is 0 Å². The summed E-state index contributed by atoms with van der Waals surface area (Å²) in [5.41, 5.74) is 2.68. The van der Waals surface area contributed by atoms with E-state index < -0.39 is 11.7 Å². The number of hydrogen-bond donors (Lipinski definition) is 0. The molecule has 4 nitrogen and oxygen atoms in total. The standard InChI is InChI=1S/C22H21FN2O2/c23-19-8-4-5-9-20(19)25-15-18(14-21(25)26)22(27)24-12-10-17(11-13-24)16-6-2-1-3-7-16/h1-10,18H,11-15H2/t18-/m0/s1. The summed E-state index contributed by atoms with van der Waals surface area (Å²) in [6, 6.07) is 16.4. The van der Waals surface area contributed by atoms with Gasteiger partial charge >= 0.3 is 0 Å². The summed E-state index contributed by atoms with van der Waals surface area (Å²) in [6.07, 6.45) is 3.02. The van der Waals surface area contributed by atoms with Crippen molar-refractivity contribution >= 4 is 23.1 Å². The molecule has 0 saturated carbocycles. The highest BCUT2D eigenvalue weighted by atomic mass is 19.1. The zero-order chi connectivity index (χ0) is 18.8. The maximum atomic E-state index is 14.0. The molecular weight excluding hydrogens is 343 g/mol. The minimum absolute atomic E-state index is 0.0226. The van der Waals surface area contributed by atoms with Gasteiger partial charge in [-0.2, -0.15) is 0 Å². The number of benzene rings is 2. The van der Waals surface area contributed by atoms with Crippen LogP contribution in [-0.2, 0) is 9.59 Å². The van der Waals surface area contributed by atoms with E-state index in [1.807, 2.05) is 18.2 Å². The van der Waals surface area contributed by atoms with Gasteiger partial charge in [0.2, 0.25) is 11.8 Å². The van der Waals surface area contributed by atoms with Crippen molar-refractivity contribution in [2.24, 2.45) is 5.92 Å². The molecule has 138 valence electrons. The third-order valence-corrected chi connectivity index (χ3v) is 5.28. The maximum absolute atomic E-state index is 14.0. The summed E-state index contributed by atoms with van der Waals surface area (Å²) in [4.78, 5) is 28.4. The molecule has 1 atom stereocenters. The monoisotopic (exact) mass is 364 g/mol. The molecule has 2 aliphatic heterocycles. The molecule has 2 aromatic rings. The normalized spacial score (nSPS) is 20.0. The molecule has 2 amide bonds. The van der Waals surface area contributed by atoms with Crippen LogP contribution >= 0.6 is 0 Å². The third kappa shape index (κ3) is 3.50. The molecule has 1 saturated heterocycles. The van der Waals surface area contributed by atoms with E-state index in [1.165, 1.54) is 22.1 Å². The van der Waals surface area contributed by atoms with Crippen molar-refractivity contribution in [2.45, 2.75) is 12.8 Å². The Hall–Kier alpha value is -2.95. The summed E-state index contributed by atoms with van der Waals surface area (Å²) in [5, 5.41) is 0. The van der Waals surface area contributed by atoms with E-state index in [0.717, 1.165) is 6.42 Å². The first-order valence-corrected chi connectivity index (χ1v) is 9.21. The number of halogens is 1. The first-order chi connectivity index (χ1) is 13.1. The van der Waals surface area contributed by atoms with Gasteiger partial charge in [-0.25, -0.2) is 4.39 Å². The molecule has 0 spiro atoms. The van der Waals surface area contributed by atoms with E-state index in [4.69, 9.17) is 0 Å². The molecule has 2 aliphatic rings. The topological polar surface area (TPSA) is 40.6 Å². The lowest BCUT2D eigenvalue weighted by Gasteiger charge is -2.29. The molecule has 5 heteroatoms. The van der Waals surface area contributed by atoms with Gasteiger partial charge in [-0.3, -0.25) is 9.59 Å². The molecule has 0 unspecified atom stereocenters. The molecular formula is C22H21FN2O2. The Morgan fingerprint density at radius 2 is 1.78 bits per heavy atom. The molecule has 4 rings (SSSR count). The van der Waals surface area contributed by atoms with Crippen molar-refractivity contribution in [1.82, 2.24) is 4.90 Å². The van der Waals surface area contributed by atoms with Crippen molar-refractivity contribution in [1.29, 1.82) is 0 Å². The van der Waals surface area contributed by atoms with Crippen molar-refractivity contribution in [3.05, 3.63) is 72.1 Å². The van der Waals surface area contributed by atoms with Gasteiger partial charge in [0.25, 0.3) is 0 Å². The van der Waals surface area contributed by atoms with Crippen LogP contribution in [0.15, 0.2) is 60.7 Å². The van der Waals surface area contributed by atoms with Gasteiger partial charge in [-0.1, -0.05) is 48.5 Å². The Bertz CT molecular complexity index is 894. The van der Waals surface area contributed by atoms with Gasteiger partial charge in [0.15, 0.2) is 0 Å². The molecule has 2 heterocycles. The Labute approximate surface area is 157 Å². The first-order valence-electron chi connectivity index (χ1n) is 9.21. The third-order valence-electron chi connectivity index (χ3n) is 5.28. The Morgan fingerprint density at radius 1 is 1.04 bits per heavy atom. The number of nitrogens with zero attached hydrogens (tertiary/aromatic N) is 2. The van der Waals surface area contributed by atoms with Crippen LogP contribution in [0.3, 0.4) is 0 Å². The zero-order valence-electron chi connectivity index (χ0n) is 15.0. The fourth-order valence-electron chi connectivity index (χ4n) is 3.82. The highest BCUT2D eigenvalue weighted by Gasteiger charge is 2.38. The second kappa shape index (κ2) is 7.35. The summed E-state index contributed by atoms with van der Waals surface area (Å²) in [6.45, 7) is 1.43. The van der Waals surface area contributed by atoms with Gasteiger partial charge in [0.05, 0.1) is 11.6 Å². The van der Waals surface area contributed by atoms with E-state index in [9.17, 15) is 14.0 Å². The van der Waals surface area contributed by atoms with E-state index in [1.54, 1.807) is 23.1 Å². The van der Waals surface area contributed by atoms with Gasteiger partial charge in [0, 0.05) is 26.1 Å². The minimum atomic E-state index is -0.438. The van der Waals surface area contributed by atoms with E-state index in [-0.39, 0.29) is 30.5 Å². The predicted molar refractivity (Wildman–Crippen MR) is 102 cm³/mol. The summed E-state index contributed by atoms with van der Waals surface area (Å²) >= 11 is 0. The van der Waals surface area contributed by atoms with Crippen LogP contribution in [0.4, 0.5) is 10.1 Å². The van der Waals surface area contributed by atoms with E-state index in [0.29, 0.717) is 13.1 Å². The second-order valence-electron chi connectivity index (χ2n) is 6.99. The molecule has 0 aromatic heterocycles. The smallest absolute Gasteiger partial charge is 0.228 e. The fraction of sp³-hybridized carbons (Fsp3) is 0.273. The van der Waals surface area contributed by atoms with Gasteiger partial charge in [-0.15, -0.1) is 0 Å². The minimum Gasteiger partial charge on any atom is -0.338 e. The van der Waals surface area contributed by atoms with Gasteiger partial charge in [-0.05, 0) is 29.7 Å². The highest BCUT2D eigenvalue weighted by Crippen LogP contribution is 2.29. The molecule has 27 heavy (non-hydrogen) atoms.